The van der Waals surface area contributed by atoms with Crippen LogP contribution in [0, 0.1) is 0 Å². The summed E-state index contributed by atoms with van der Waals surface area (Å²) in [6.45, 7) is 0.0734. The molecule has 4 heteroatoms. The molecule has 1 fully saturated rings. The van der Waals surface area contributed by atoms with E-state index in [2.05, 4.69) is 4.98 Å². The largest absolute Gasteiger partial charge is 0.468 e. The second-order valence-electron chi connectivity index (χ2n) is 4.75. The summed E-state index contributed by atoms with van der Waals surface area (Å²) < 4.78 is 5.38. The molecule has 1 saturated carbocycles. The molecule has 1 heterocycles. The zero-order valence-electron chi connectivity index (χ0n) is 10.8. The van der Waals surface area contributed by atoms with Gasteiger partial charge in [-0.2, -0.15) is 0 Å². The lowest BCUT2D eigenvalue weighted by atomic mass is 9.94. The maximum absolute atomic E-state index is 12.0. The van der Waals surface area contributed by atoms with Gasteiger partial charge in [-0.25, -0.2) is 4.98 Å². The number of nitrogens with zero attached hydrogens (tertiary/aromatic N) is 2. The van der Waals surface area contributed by atoms with Gasteiger partial charge in [0.2, 0.25) is 5.88 Å². The molecule has 0 atom stereocenters. The number of amides is 1. The Morgan fingerprint density at radius 1 is 1.39 bits per heavy atom. The van der Waals surface area contributed by atoms with Crippen LogP contribution in [-0.2, 0) is 4.79 Å². The third-order valence-electron chi connectivity index (χ3n) is 3.50. The van der Waals surface area contributed by atoms with E-state index in [1.807, 2.05) is 24.1 Å². The number of hydrogen-bond donors (Lipinski definition) is 0. The number of rotatable bonds is 4. The van der Waals surface area contributed by atoms with Crippen LogP contribution in [0.3, 0.4) is 0 Å². The smallest absolute Gasteiger partial charge is 0.260 e. The Morgan fingerprint density at radius 2 is 2.17 bits per heavy atom. The van der Waals surface area contributed by atoms with Crippen molar-refractivity contribution in [2.75, 3.05) is 13.7 Å². The molecule has 1 aliphatic carbocycles. The highest BCUT2D eigenvalue weighted by atomic mass is 16.5. The van der Waals surface area contributed by atoms with Crippen molar-refractivity contribution >= 4 is 5.91 Å². The Hall–Kier alpha value is -1.58. The van der Waals surface area contributed by atoms with Crippen molar-refractivity contribution in [3.63, 3.8) is 0 Å². The van der Waals surface area contributed by atoms with Gasteiger partial charge in [-0.15, -0.1) is 0 Å². The summed E-state index contributed by atoms with van der Waals surface area (Å²) in [7, 11) is 1.88. The number of pyridine rings is 1. The highest BCUT2D eigenvalue weighted by Crippen LogP contribution is 2.21. The lowest BCUT2D eigenvalue weighted by molar-refractivity contribution is -0.134. The number of carbonyl (C=O) groups excluding carboxylic acids is 1. The zero-order chi connectivity index (χ0) is 12.8. The molecule has 98 valence electrons. The van der Waals surface area contributed by atoms with Gasteiger partial charge in [0, 0.05) is 25.4 Å². The molecule has 1 aromatic rings. The van der Waals surface area contributed by atoms with Gasteiger partial charge in [0.15, 0.2) is 6.61 Å². The quantitative estimate of drug-likeness (QED) is 0.820. The van der Waals surface area contributed by atoms with Crippen molar-refractivity contribution in [2.45, 2.75) is 38.1 Å². The lowest BCUT2D eigenvalue weighted by Gasteiger charge is -2.31. The van der Waals surface area contributed by atoms with Crippen molar-refractivity contribution in [1.29, 1.82) is 0 Å². The molecule has 1 aromatic heterocycles. The Bertz CT molecular complexity index is 375. The fourth-order valence-corrected chi connectivity index (χ4v) is 2.34. The van der Waals surface area contributed by atoms with Crippen LogP contribution in [0.2, 0.25) is 0 Å². The van der Waals surface area contributed by atoms with Gasteiger partial charge >= 0.3 is 0 Å². The number of ether oxygens (including phenoxy) is 1. The molecule has 0 aromatic carbocycles. The summed E-state index contributed by atoms with van der Waals surface area (Å²) >= 11 is 0. The minimum Gasteiger partial charge on any atom is -0.468 e. The maximum Gasteiger partial charge on any atom is 0.260 e. The summed E-state index contributed by atoms with van der Waals surface area (Å²) in [5, 5.41) is 0. The van der Waals surface area contributed by atoms with Crippen molar-refractivity contribution in [1.82, 2.24) is 9.88 Å². The van der Waals surface area contributed by atoms with Crippen molar-refractivity contribution < 1.29 is 9.53 Å². The average Bonchev–Trinajstić information content (AvgIpc) is 2.46. The average molecular weight is 248 g/mol. The first kappa shape index (κ1) is 12.9. The summed E-state index contributed by atoms with van der Waals surface area (Å²) in [6.07, 6.45) is 7.64. The zero-order valence-corrected chi connectivity index (χ0v) is 10.8. The molecule has 2 rings (SSSR count). The van der Waals surface area contributed by atoms with Crippen molar-refractivity contribution in [3.8, 4) is 5.88 Å². The maximum atomic E-state index is 12.0. The van der Waals surface area contributed by atoms with E-state index in [4.69, 9.17) is 4.74 Å². The fraction of sp³-hybridized carbons (Fsp3) is 0.571. The predicted molar refractivity (Wildman–Crippen MR) is 69.4 cm³/mol. The number of hydrogen-bond acceptors (Lipinski definition) is 3. The van der Waals surface area contributed by atoms with Crippen molar-refractivity contribution in [2.24, 2.45) is 0 Å². The summed E-state index contributed by atoms with van der Waals surface area (Å²) in [4.78, 5) is 17.9. The van der Waals surface area contributed by atoms with E-state index in [9.17, 15) is 4.79 Å². The number of likely N-dealkylation sites (N-methyl/N-ethyl adjacent to an activating group) is 1. The lowest BCUT2D eigenvalue weighted by Crippen LogP contribution is -2.40. The summed E-state index contributed by atoms with van der Waals surface area (Å²) in [5.74, 6) is 0.537. The van der Waals surface area contributed by atoms with Crippen LogP contribution in [-0.4, -0.2) is 35.5 Å². The van der Waals surface area contributed by atoms with Gasteiger partial charge in [0.05, 0.1) is 0 Å². The third kappa shape index (κ3) is 3.45. The fourth-order valence-electron chi connectivity index (χ4n) is 2.34. The number of aromatic nitrogens is 1. The molecule has 0 bridgehead atoms. The monoisotopic (exact) mass is 248 g/mol. The minimum atomic E-state index is 0.0348. The van der Waals surface area contributed by atoms with Crippen LogP contribution in [0.25, 0.3) is 0 Å². The van der Waals surface area contributed by atoms with Gasteiger partial charge in [0.25, 0.3) is 5.91 Å². The first-order valence-electron chi connectivity index (χ1n) is 6.57. The Labute approximate surface area is 108 Å². The summed E-state index contributed by atoms with van der Waals surface area (Å²) in [6, 6.07) is 5.81. The van der Waals surface area contributed by atoms with Crippen LogP contribution in [0.5, 0.6) is 5.88 Å². The van der Waals surface area contributed by atoms with E-state index in [1.54, 1.807) is 12.3 Å². The highest BCUT2D eigenvalue weighted by molar-refractivity contribution is 5.77. The Kier molecular flexibility index (Phi) is 4.56. The first-order valence-corrected chi connectivity index (χ1v) is 6.57. The van der Waals surface area contributed by atoms with Crippen LogP contribution < -0.4 is 4.74 Å². The van der Waals surface area contributed by atoms with Crippen molar-refractivity contribution in [3.05, 3.63) is 24.4 Å². The first-order chi connectivity index (χ1) is 8.77. The molecule has 4 nitrogen and oxygen atoms in total. The topological polar surface area (TPSA) is 42.4 Å². The standard InChI is InChI=1S/C14H20N2O2/c1-16(12-7-3-2-4-8-12)14(17)11-18-13-9-5-6-10-15-13/h5-6,9-10,12H,2-4,7-8,11H2,1H3. The van der Waals surface area contributed by atoms with Gasteiger partial charge in [-0.3, -0.25) is 4.79 Å². The SMILES string of the molecule is CN(C(=O)COc1ccccn1)C1CCCCC1. The molecule has 1 amide bonds. The second-order valence-corrected chi connectivity index (χ2v) is 4.75. The normalized spacial score (nSPS) is 16.3. The molecule has 0 spiro atoms. The van der Waals surface area contributed by atoms with Crippen LogP contribution in [0.15, 0.2) is 24.4 Å². The Morgan fingerprint density at radius 3 is 2.83 bits per heavy atom. The van der Waals surface area contributed by atoms with Crippen LogP contribution in [0.1, 0.15) is 32.1 Å². The van der Waals surface area contributed by atoms with Crippen LogP contribution in [0.4, 0.5) is 0 Å². The van der Waals surface area contributed by atoms with Gasteiger partial charge in [-0.05, 0) is 18.9 Å². The number of carbonyl (C=O) groups is 1. The van der Waals surface area contributed by atoms with E-state index < -0.39 is 0 Å². The molecule has 1 aliphatic rings. The van der Waals surface area contributed by atoms with E-state index in [0.29, 0.717) is 11.9 Å². The molecule has 0 aliphatic heterocycles. The van der Waals surface area contributed by atoms with Crippen LogP contribution >= 0.6 is 0 Å². The van der Waals surface area contributed by atoms with Gasteiger partial charge in [-0.1, -0.05) is 25.3 Å². The van der Waals surface area contributed by atoms with Gasteiger partial charge in [0.1, 0.15) is 0 Å². The van der Waals surface area contributed by atoms with Gasteiger partial charge < -0.3 is 9.64 Å². The minimum absolute atomic E-state index is 0.0348. The second kappa shape index (κ2) is 6.38. The van der Waals surface area contributed by atoms with E-state index in [-0.39, 0.29) is 12.5 Å². The third-order valence-corrected chi connectivity index (χ3v) is 3.50. The van der Waals surface area contributed by atoms with E-state index >= 15 is 0 Å². The molecule has 18 heavy (non-hydrogen) atoms. The highest BCUT2D eigenvalue weighted by Gasteiger charge is 2.22. The Balaban J connectivity index is 1.80. The molecule has 0 N–H and O–H groups in total. The van der Waals surface area contributed by atoms with E-state index in [1.165, 1.54) is 19.3 Å². The molecular weight excluding hydrogens is 228 g/mol. The van der Waals surface area contributed by atoms with E-state index in [0.717, 1.165) is 12.8 Å². The molecule has 0 radical (unpaired) electrons. The molecule has 0 unspecified atom stereocenters. The molecule has 0 saturated heterocycles. The predicted octanol–water partition coefficient (Wildman–Crippen LogP) is 2.25. The summed E-state index contributed by atoms with van der Waals surface area (Å²) in [5.41, 5.74) is 0. The molecular formula is C14H20N2O2.